The van der Waals surface area contributed by atoms with Crippen LogP contribution < -0.4 is 5.43 Å². The summed E-state index contributed by atoms with van der Waals surface area (Å²) >= 11 is 0. The molecule has 0 bridgehead atoms. The molecule has 0 fully saturated rings. The van der Waals surface area contributed by atoms with Gasteiger partial charge in [0.25, 0.3) is 0 Å². The first-order chi connectivity index (χ1) is 10.7. The highest BCUT2D eigenvalue weighted by Gasteiger charge is 2.07. The molecule has 1 aromatic carbocycles. The number of hydrazone groups is 1. The lowest BCUT2D eigenvalue weighted by Gasteiger charge is -2.02. The third-order valence-corrected chi connectivity index (χ3v) is 3.20. The van der Waals surface area contributed by atoms with E-state index in [0.29, 0.717) is 18.0 Å². The molecule has 0 spiro atoms. The maximum Gasteiger partial charge on any atom is 0.241 e. The van der Waals surface area contributed by atoms with E-state index in [-0.39, 0.29) is 12.3 Å². The average Bonchev–Trinajstić information content (AvgIpc) is 3.20. The molecule has 0 aliphatic carbocycles. The van der Waals surface area contributed by atoms with E-state index in [1.165, 1.54) is 0 Å². The summed E-state index contributed by atoms with van der Waals surface area (Å²) in [6.07, 6.45) is 1.83. The number of para-hydroxylation sites is 1. The Hall–Kier alpha value is -2.96. The van der Waals surface area contributed by atoms with Crippen molar-refractivity contribution in [3.8, 4) is 0 Å². The summed E-state index contributed by atoms with van der Waals surface area (Å²) in [5.74, 6) is 0.438. The van der Waals surface area contributed by atoms with Gasteiger partial charge in [0.05, 0.1) is 18.3 Å². The summed E-state index contributed by atoms with van der Waals surface area (Å²) in [6, 6.07) is 11.2. The van der Waals surface area contributed by atoms with Gasteiger partial charge in [-0.2, -0.15) is 5.10 Å². The molecule has 0 saturated heterocycles. The van der Waals surface area contributed by atoms with E-state index in [0.717, 1.165) is 11.0 Å². The molecule has 22 heavy (non-hydrogen) atoms. The van der Waals surface area contributed by atoms with E-state index >= 15 is 0 Å². The zero-order chi connectivity index (χ0) is 15.4. The number of aromatic nitrogens is 3. The van der Waals surface area contributed by atoms with E-state index in [2.05, 4.69) is 20.8 Å². The number of aryl methyl sites for hydroxylation is 1. The lowest BCUT2D eigenvalue weighted by Crippen LogP contribution is -2.21. The van der Waals surface area contributed by atoms with Crippen LogP contribution in [0.1, 0.15) is 19.1 Å². The smallest absolute Gasteiger partial charge is 0.241 e. The van der Waals surface area contributed by atoms with Crippen LogP contribution in [0.5, 0.6) is 0 Å². The first kappa shape index (κ1) is 14.0. The standard InChI is InChI=1S/C15H15N5O2/c1-11(14-7-4-10-22-14)16-18-15(21)8-9-20-13-6-3-2-5-12(13)17-19-20/h2-7,10H,8-9H2,1H3,(H,18,21). The fraction of sp³-hybridized carbons (Fsp3) is 0.200. The van der Waals surface area contributed by atoms with Crippen LogP contribution in [-0.2, 0) is 11.3 Å². The van der Waals surface area contributed by atoms with Crippen molar-refractivity contribution < 1.29 is 9.21 Å². The SMILES string of the molecule is CC(=NNC(=O)CCn1nnc2ccccc21)c1ccco1. The number of carbonyl (C=O) groups is 1. The molecule has 112 valence electrons. The molecule has 7 nitrogen and oxygen atoms in total. The van der Waals surface area contributed by atoms with Crippen LogP contribution in [-0.4, -0.2) is 26.6 Å². The first-order valence-corrected chi connectivity index (χ1v) is 6.89. The van der Waals surface area contributed by atoms with Gasteiger partial charge in [-0.25, -0.2) is 10.1 Å². The Morgan fingerprint density at radius 2 is 2.18 bits per heavy atom. The van der Waals surface area contributed by atoms with Gasteiger partial charge in [-0.05, 0) is 31.2 Å². The molecule has 0 atom stereocenters. The molecule has 0 saturated carbocycles. The van der Waals surface area contributed by atoms with Crippen molar-refractivity contribution in [2.45, 2.75) is 19.9 Å². The van der Waals surface area contributed by atoms with Crippen molar-refractivity contribution in [2.24, 2.45) is 5.10 Å². The van der Waals surface area contributed by atoms with Gasteiger partial charge >= 0.3 is 0 Å². The molecule has 0 radical (unpaired) electrons. The number of amides is 1. The van der Waals surface area contributed by atoms with Crippen LogP contribution in [0.2, 0.25) is 0 Å². The van der Waals surface area contributed by atoms with Crippen LogP contribution in [0, 0.1) is 0 Å². The van der Waals surface area contributed by atoms with Gasteiger partial charge in [0.15, 0.2) is 0 Å². The van der Waals surface area contributed by atoms with Crippen LogP contribution >= 0.6 is 0 Å². The minimum atomic E-state index is -0.189. The van der Waals surface area contributed by atoms with Crippen LogP contribution in [0.4, 0.5) is 0 Å². The normalized spacial score (nSPS) is 11.8. The van der Waals surface area contributed by atoms with E-state index in [1.807, 2.05) is 24.3 Å². The second-order valence-electron chi connectivity index (χ2n) is 4.76. The van der Waals surface area contributed by atoms with E-state index in [4.69, 9.17) is 4.42 Å². The summed E-state index contributed by atoms with van der Waals surface area (Å²) in [5.41, 5.74) is 4.85. The molecular weight excluding hydrogens is 282 g/mol. The molecule has 3 aromatic rings. The van der Waals surface area contributed by atoms with Gasteiger partial charge < -0.3 is 4.42 Å². The zero-order valence-corrected chi connectivity index (χ0v) is 12.1. The molecule has 0 unspecified atom stereocenters. The number of fused-ring (bicyclic) bond motifs is 1. The Morgan fingerprint density at radius 3 is 3.00 bits per heavy atom. The Balaban J connectivity index is 1.57. The maximum absolute atomic E-state index is 11.8. The van der Waals surface area contributed by atoms with Crippen molar-refractivity contribution in [1.82, 2.24) is 20.4 Å². The number of nitrogens with zero attached hydrogens (tertiary/aromatic N) is 4. The fourth-order valence-corrected chi connectivity index (χ4v) is 2.03. The first-order valence-electron chi connectivity index (χ1n) is 6.89. The molecule has 1 N–H and O–H groups in total. The van der Waals surface area contributed by atoms with Crippen molar-refractivity contribution in [2.75, 3.05) is 0 Å². The molecule has 1 amide bonds. The predicted octanol–water partition coefficient (Wildman–Crippen LogP) is 1.95. The number of nitrogens with one attached hydrogen (secondary N) is 1. The number of carbonyl (C=O) groups excluding carboxylic acids is 1. The predicted molar refractivity (Wildman–Crippen MR) is 81.2 cm³/mol. The highest BCUT2D eigenvalue weighted by Crippen LogP contribution is 2.09. The molecule has 7 heteroatoms. The summed E-state index contributed by atoms with van der Waals surface area (Å²) in [5, 5.41) is 12.1. The lowest BCUT2D eigenvalue weighted by atomic mass is 10.3. The Morgan fingerprint density at radius 1 is 1.32 bits per heavy atom. The van der Waals surface area contributed by atoms with Crippen molar-refractivity contribution in [3.63, 3.8) is 0 Å². The van der Waals surface area contributed by atoms with Crippen molar-refractivity contribution >= 4 is 22.7 Å². The molecule has 2 heterocycles. The van der Waals surface area contributed by atoms with Crippen LogP contribution in [0.3, 0.4) is 0 Å². The summed E-state index contributed by atoms with van der Waals surface area (Å²) < 4.78 is 6.90. The average molecular weight is 297 g/mol. The highest BCUT2D eigenvalue weighted by molar-refractivity contribution is 5.96. The monoisotopic (exact) mass is 297 g/mol. The number of hydrogen-bond acceptors (Lipinski definition) is 5. The van der Waals surface area contributed by atoms with Gasteiger partial charge in [0.2, 0.25) is 5.91 Å². The number of hydrogen-bond donors (Lipinski definition) is 1. The molecule has 0 aliphatic heterocycles. The molecular formula is C15H15N5O2. The van der Waals surface area contributed by atoms with Gasteiger partial charge in [0, 0.05) is 6.42 Å². The molecule has 3 rings (SSSR count). The van der Waals surface area contributed by atoms with Crippen LogP contribution in [0.25, 0.3) is 11.0 Å². The van der Waals surface area contributed by atoms with Gasteiger partial charge in [0.1, 0.15) is 17.0 Å². The van der Waals surface area contributed by atoms with E-state index in [9.17, 15) is 4.79 Å². The number of rotatable bonds is 5. The third kappa shape index (κ3) is 3.03. The fourth-order valence-electron chi connectivity index (χ4n) is 2.03. The highest BCUT2D eigenvalue weighted by atomic mass is 16.3. The Labute approximate surface area is 126 Å². The van der Waals surface area contributed by atoms with E-state index in [1.54, 1.807) is 30.0 Å². The Kier molecular flexibility index (Phi) is 3.95. The Bertz CT molecular complexity index is 804. The van der Waals surface area contributed by atoms with Crippen molar-refractivity contribution in [3.05, 3.63) is 48.4 Å². The third-order valence-electron chi connectivity index (χ3n) is 3.20. The second kappa shape index (κ2) is 6.21. The summed E-state index contributed by atoms with van der Waals surface area (Å²) in [7, 11) is 0. The second-order valence-corrected chi connectivity index (χ2v) is 4.76. The summed E-state index contributed by atoms with van der Waals surface area (Å²) in [4.78, 5) is 11.8. The van der Waals surface area contributed by atoms with E-state index < -0.39 is 0 Å². The molecule has 0 aliphatic rings. The number of benzene rings is 1. The van der Waals surface area contributed by atoms with Gasteiger partial charge in [-0.15, -0.1) is 5.10 Å². The van der Waals surface area contributed by atoms with Crippen LogP contribution in [0.15, 0.2) is 52.2 Å². The topological polar surface area (TPSA) is 85.3 Å². The maximum atomic E-state index is 11.8. The zero-order valence-electron chi connectivity index (χ0n) is 12.1. The lowest BCUT2D eigenvalue weighted by molar-refractivity contribution is -0.121. The molecule has 2 aromatic heterocycles. The van der Waals surface area contributed by atoms with Gasteiger partial charge in [-0.1, -0.05) is 17.3 Å². The van der Waals surface area contributed by atoms with Crippen molar-refractivity contribution in [1.29, 1.82) is 0 Å². The minimum Gasteiger partial charge on any atom is -0.463 e. The summed E-state index contributed by atoms with van der Waals surface area (Å²) in [6.45, 7) is 2.21. The van der Waals surface area contributed by atoms with Gasteiger partial charge in [-0.3, -0.25) is 4.79 Å². The number of furan rings is 1. The largest absolute Gasteiger partial charge is 0.463 e. The minimum absolute atomic E-state index is 0.189. The quantitative estimate of drug-likeness (QED) is 0.576.